The Kier molecular flexibility index (Phi) is 5.39. The highest BCUT2D eigenvalue weighted by Gasteiger charge is 2.75. The minimum atomic E-state index is -0.499. The second-order valence-corrected chi connectivity index (χ2v) is 13.1. The number of nitrogens with zero attached hydrogens (tertiary/aromatic N) is 2. The van der Waals surface area contributed by atoms with Crippen LogP contribution in [0, 0.1) is 57.8 Å². The lowest BCUT2D eigenvalue weighted by molar-refractivity contribution is -0.382. The molecule has 0 amide bonds. The molecule has 182 valence electrons. The summed E-state index contributed by atoms with van der Waals surface area (Å²) in [6.07, 6.45) is 18.8. The largest absolute Gasteiger partial charge is 0.393 e. The molecule has 2 heterocycles. The fourth-order valence-electron chi connectivity index (χ4n) is 9.18. The van der Waals surface area contributed by atoms with Crippen molar-refractivity contribution >= 4 is 0 Å². The highest BCUT2D eigenvalue weighted by molar-refractivity contribution is 5.36. The van der Waals surface area contributed by atoms with Crippen LogP contribution in [-0.4, -0.2) is 27.4 Å². The van der Waals surface area contributed by atoms with Crippen molar-refractivity contribution in [2.75, 3.05) is 0 Å². The highest BCUT2D eigenvalue weighted by atomic mass is 16.7. The summed E-state index contributed by atoms with van der Waals surface area (Å²) in [7, 11) is 0. The van der Waals surface area contributed by atoms with Crippen molar-refractivity contribution < 1.29 is 9.94 Å². The first-order chi connectivity index (χ1) is 15.5. The van der Waals surface area contributed by atoms with E-state index in [0.29, 0.717) is 41.9 Å². The number of rotatable bonds is 4. The standard InChI is InChI=1S/C29H44N2O2/c1-19(2)20(3)7-8-21(4)23-9-10-24-26(23,5)13-12-25-27(6)14-11-22(32)17-28(27)15-16-29(24,25)33-31(28)18-30/h7-8,15-16,19-25,32H,9-14,17H2,1-6H3/b8-7+/t20-,21+,22-,23+,24+,25+,26+,27+,28+,29-/m0/s1. The smallest absolute Gasteiger partial charge is 0.206 e. The maximum atomic E-state index is 10.6. The summed E-state index contributed by atoms with van der Waals surface area (Å²) in [6.45, 7) is 14.3. The molecule has 2 aliphatic heterocycles. The minimum absolute atomic E-state index is 0.0351. The normalized spacial score (nSPS) is 50.1. The van der Waals surface area contributed by atoms with Crippen molar-refractivity contribution in [1.29, 1.82) is 5.26 Å². The Balaban J connectivity index is 1.50. The van der Waals surface area contributed by atoms with E-state index in [0.717, 1.165) is 19.3 Å². The Labute approximate surface area is 201 Å². The number of hydrogen-bond donors (Lipinski definition) is 1. The van der Waals surface area contributed by atoms with Crippen LogP contribution in [0.15, 0.2) is 24.3 Å². The van der Waals surface area contributed by atoms with Gasteiger partial charge in [0.25, 0.3) is 0 Å². The predicted octanol–water partition coefficient (Wildman–Crippen LogP) is 6.24. The van der Waals surface area contributed by atoms with Crippen LogP contribution in [0.2, 0.25) is 0 Å². The van der Waals surface area contributed by atoms with Crippen molar-refractivity contribution in [3.8, 4) is 6.19 Å². The minimum Gasteiger partial charge on any atom is -0.393 e. The fourth-order valence-corrected chi connectivity index (χ4v) is 9.18. The molecule has 0 aromatic carbocycles. The Hall–Kier alpha value is -1.31. The van der Waals surface area contributed by atoms with Crippen LogP contribution in [0.1, 0.15) is 86.5 Å². The second kappa shape index (κ2) is 7.59. The molecule has 0 radical (unpaired) electrons. The zero-order chi connectivity index (χ0) is 23.8. The van der Waals surface area contributed by atoms with Gasteiger partial charge in [0.1, 0.15) is 11.1 Å². The second-order valence-electron chi connectivity index (χ2n) is 13.1. The zero-order valence-corrected chi connectivity index (χ0v) is 21.6. The van der Waals surface area contributed by atoms with E-state index in [4.69, 9.17) is 4.84 Å². The molecule has 1 N–H and O–H groups in total. The number of hydroxylamine groups is 2. The highest BCUT2D eigenvalue weighted by Crippen LogP contribution is 2.73. The van der Waals surface area contributed by atoms with Gasteiger partial charge >= 0.3 is 0 Å². The third kappa shape index (κ3) is 2.94. The molecule has 2 spiro atoms. The Morgan fingerprint density at radius 2 is 1.79 bits per heavy atom. The van der Waals surface area contributed by atoms with Crippen LogP contribution in [0.3, 0.4) is 0 Å². The average molecular weight is 453 g/mol. The molecule has 4 heteroatoms. The van der Waals surface area contributed by atoms with E-state index in [1.807, 2.05) is 0 Å². The molecular formula is C29H44N2O2. The molecule has 6 aliphatic rings. The number of aliphatic hydroxyl groups excluding tert-OH is 1. The number of nitriles is 1. The summed E-state index contributed by atoms with van der Waals surface area (Å²) in [6, 6.07) is 0. The molecule has 0 unspecified atom stereocenters. The molecule has 3 saturated carbocycles. The molecule has 0 aromatic heterocycles. The van der Waals surface area contributed by atoms with Crippen LogP contribution in [0.5, 0.6) is 0 Å². The van der Waals surface area contributed by atoms with Gasteiger partial charge in [0.2, 0.25) is 6.19 Å². The van der Waals surface area contributed by atoms with Gasteiger partial charge in [-0.2, -0.15) is 10.3 Å². The van der Waals surface area contributed by atoms with Crippen molar-refractivity contribution in [1.82, 2.24) is 5.06 Å². The van der Waals surface area contributed by atoms with Gasteiger partial charge in [-0.1, -0.05) is 65.8 Å². The topological polar surface area (TPSA) is 56.5 Å². The summed E-state index contributed by atoms with van der Waals surface area (Å²) < 4.78 is 0. The quantitative estimate of drug-likeness (QED) is 0.405. The zero-order valence-electron chi connectivity index (χ0n) is 21.6. The van der Waals surface area contributed by atoms with Gasteiger partial charge < -0.3 is 5.11 Å². The van der Waals surface area contributed by atoms with E-state index in [1.165, 1.54) is 19.3 Å². The third-order valence-corrected chi connectivity index (χ3v) is 11.5. The van der Waals surface area contributed by atoms with Crippen molar-refractivity contribution in [3.63, 3.8) is 0 Å². The van der Waals surface area contributed by atoms with Crippen molar-refractivity contribution in [2.45, 2.75) is 104 Å². The van der Waals surface area contributed by atoms with E-state index in [1.54, 1.807) is 5.06 Å². The maximum Gasteiger partial charge on any atom is 0.206 e. The van der Waals surface area contributed by atoms with E-state index < -0.39 is 5.54 Å². The van der Waals surface area contributed by atoms with Gasteiger partial charge in [-0.05, 0) is 67.6 Å². The van der Waals surface area contributed by atoms with Crippen molar-refractivity contribution in [2.24, 2.45) is 46.3 Å². The number of aliphatic hydroxyl groups is 1. The molecule has 10 atom stereocenters. The van der Waals surface area contributed by atoms with Gasteiger partial charge in [0.05, 0.1) is 6.10 Å². The first-order valence-corrected chi connectivity index (χ1v) is 13.5. The monoisotopic (exact) mass is 452 g/mol. The number of allylic oxidation sites excluding steroid dienone is 2. The first kappa shape index (κ1) is 23.4. The third-order valence-electron chi connectivity index (χ3n) is 11.5. The predicted molar refractivity (Wildman–Crippen MR) is 130 cm³/mol. The van der Waals surface area contributed by atoms with Crippen molar-refractivity contribution in [3.05, 3.63) is 24.3 Å². The van der Waals surface area contributed by atoms with Crippen LogP contribution in [-0.2, 0) is 4.84 Å². The van der Waals surface area contributed by atoms with E-state index in [-0.39, 0.29) is 22.5 Å². The Morgan fingerprint density at radius 1 is 1.03 bits per heavy atom. The molecule has 6 rings (SSSR count). The van der Waals surface area contributed by atoms with E-state index in [2.05, 4.69) is 72.0 Å². The van der Waals surface area contributed by atoms with Gasteiger partial charge in [-0.15, -0.1) is 0 Å². The summed E-state index contributed by atoms with van der Waals surface area (Å²) in [4.78, 5) is 6.79. The first-order valence-electron chi connectivity index (χ1n) is 13.5. The van der Waals surface area contributed by atoms with Gasteiger partial charge in [0, 0.05) is 23.7 Å². The summed E-state index contributed by atoms with van der Waals surface area (Å²) in [5, 5.41) is 22.4. The van der Waals surface area contributed by atoms with Gasteiger partial charge in [-0.25, -0.2) is 0 Å². The molecule has 4 fully saturated rings. The van der Waals surface area contributed by atoms with E-state index >= 15 is 0 Å². The molecule has 2 bridgehead atoms. The number of fused-ring (bicyclic) bond motifs is 2. The molecule has 1 saturated heterocycles. The molecule has 33 heavy (non-hydrogen) atoms. The summed E-state index contributed by atoms with van der Waals surface area (Å²) in [5.41, 5.74) is -0.702. The summed E-state index contributed by atoms with van der Waals surface area (Å²) >= 11 is 0. The van der Waals surface area contributed by atoms with Crippen LogP contribution >= 0.6 is 0 Å². The lowest BCUT2D eigenvalue weighted by Crippen LogP contribution is -2.78. The fraction of sp³-hybridized carbons (Fsp3) is 0.828. The maximum absolute atomic E-state index is 10.6. The SMILES string of the molecule is CC(C)[C@@H](C)/C=C/[C@@H](C)[C@H]1CC[C@@H]2[C@]1(C)CC[C@H]1[C@]23C=C[C@]2(C[C@@H](O)CC[C@]12C)N(C#N)O3. The van der Waals surface area contributed by atoms with Gasteiger partial charge in [0.15, 0.2) is 0 Å². The average Bonchev–Trinajstić information content (AvgIpc) is 3.14. The lowest BCUT2D eigenvalue weighted by Gasteiger charge is -2.72. The molecule has 0 aromatic rings. The summed E-state index contributed by atoms with van der Waals surface area (Å²) in [5.74, 6) is 3.32. The Bertz CT molecular complexity index is 891. The van der Waals surface area contributed by atoms with Crippen LogP contribution in [0.4, 0.5) is 0 Å². The van der Waals surface area contributed by atoms with Crippen LogP contribution in [0.25, 0.3) is 0 Å². The molecule has 4 aliphatic carbocycles. The van der Waals surface area contributed by atoms with Crippen LogP contribution < -0.4 is 0 Å². The lowest BCUT2D eigenvalue weighted by atomic mass is 9.41. The van der Waals surface area contributed by atoms with E-state index in [9.17, 15) is 10.4 Å². The Morgan fingerprint density at radius 3 is 2.48 bits per heavy atom. The van der Waals surface area contributed by atoms with Gasteiger partial charge in [-0.3, -0.25) is 4.84 Å². The molecular weight excluding hydrogens is 408 g/mol. The molecule has 4 nitrogen and oxygen atoms in total. The number of hydrogen-bond acceptors (Lipinski definition) is 4.